The number of rotatable bonds is 6. The number of hydrogen-bond donors (Lipinski definition) is 0. The van der Waals surface area contributed by atoms with Crippen LogP contribution in [-0.4, -0.2) is 28.4 Å². The van der Waals surface area contributed by atoms with Crippen LogP contribution in [0, 0.1) is 5.82 Å². The van der Waals surface area contributed by atoms with Crippen molar-refractivity contribution in [2.24, 2.45) is 0 Å². The molecule has 1 saturated carbocycles. The van der Waals surface area contributed by atoms with Crippen LogP contribution in [0.3, 0.4) is 0 Å². The molecule has 0 amide bonds. The molecule has 172 valence electrons. The molecule has 0 saturated heterocycles. The van der Waals surface area contributed by atoms with E-state index in [1.54, 1.807) is 41.8 Å². The molecular formula is C25H23Cl2FN2O3. The van der Waals surface area contributed by atoms with Crippen LogP contribution in [0.4, 0.5) is 4.39 Å². The van der Waals surface area contributed by atoms with Gasteiger partial charge in [0.1, 0.15) is 5.82 Å². The van der Waals surface area contributed by atoms with E-state index in [0.717, 1.165) is 32.1 Å². The minimum Gasteiger partial charge on any atom is -0.461 e. The van der Waals surface area contributed by atoms with Gasteiger partial charge < -0.3 is 4.74 Å². The summed E-state index contributed by atoms with van der Waals surface area (Å²) in [5.41, 5.74) is 1.10. The molecule has 8 heteroatoms. The molecule has 0 bridgehead atoms. The number of benzene rings is 2. The zero-order valence-electron chi connectivity index (χ0n) is 18.1. The van der Waals surface area contributed by atoms with Gasteiger partial charge in [0.05, 0.1) is 23.0 Å². The van der Waals surface area contributed by atoms with E-state index in [0.29, 0.717) is 28.3 Å². The highest BCUT2D eigenvalue weighted by atomic mass is 35.5. The quantitative estimate of drug-likeness (QED) is 0.276. The predicted octanol–water partition coefficient (Wildman–Crippen LogP) is 7.02. The minimum absolute atomic E-state index is 0.0120. The summed E-state index contributed by atoms with van der Waals surface area (Å²) in [6.45, 7) is 1.84. The Morgan fingerprint density at radius 3 is 2.67 bits per heavy atom. The molecule has 0 N–H and O–H groups in total. The van der Waals surface area contributed by atoms with Gasteiger partial charge in [0.15, 0.2) is 17.8 Å². The fourth-order valence-corrected chi connectivity index (χ4v) is 4.75. The molecule has 33 heavy (non-hydrogen) atoms. The van der Waals surface area contributed by atoms with Crippen molar-refractivity contribution < 1.29 is 18.7 Å². The lowest BCUT2D eigenvalue weighted by molar-refractivity contribution is 0.0520. The molecule has 1 aromatic heterocycles. The Labute approximate surface area is 201 Å². The van der Waals surface area contributed by atoms with E-state index >= 15 is 4.39 Å². The summed E-state index contributed by atoms with van der Waals surface area (Å²) in [5.74, 6) is -0.730. The van der Waals surface area contributed by atoms with Crippen molar-refractivity contribution in [1.29, 1.82) is 0 Å². The molecule has 1 fully saturated rings. The van der Waals surface area contributed by atoms with Gasteiger partial charge in [-0.2, -0.15) is 0 Å². The van der Waals surface area contributed by atoms with Gasteiger partial charge in [0, 0.05) is 22.1 Å². The summed E-state index contributed by atoms with van der Waals surface area (Å²) in [6, 6.07) is 9.40. The molecule has 3 aromatic rings. The van der Waals surface area contributed by atoms with Crippen molar-refractivity contribution in [3.8, 4) is 16.9 Å². The lowest BCUT2D eigenvalue weighted by atomic mass is 9.88. The second kappa shape index (κ2) is 10.1. The maximum atomic E-state index is 15.4. The third-order valence-electron chi connectivity index (χ3n) is 5.91. The Morgan fingerprint density at radius 1 is 1.21 bits per heavy atom. The molecule has 0 unspecified atom stereocenters. The van der Waals surface area contributed by atoms with Crippen molar-refractivity contribution >= 4 is 35.5 Å². The molecule has 0 atom stereocenters. The standard InChI is InChI=1S/C25H23Cl2FN2O3/c1-2-33-25(32)22-23(18-13-17(26)12-11-16(18)14-31)30(20-10-6-9-19(27)21(20)28)24(29-22)15-7-4-3-5-8-15/h6,9-15H,2-5,7-8H2,1H3. The molecule has 2 aromatic carbocycles. The molecule has 1 aliphatic carbocycles. The summed E-state index contributed by atoms with van der Waals surface area (Å²) in [4.78, 5) is 29.6. The van der Waals surface area contributed by atoms with Gasteiger partial charge >= 0.3 is 5.97 Å². The second-order valence-electron chi connectivity index (χ2n) is 7.98. The number of imidazole rings is 1. The Hall–Kier alpha value is -2.70. The number of esters is 1. The maximum Gasteiger partial charge on any atom is 0.359 e. The lowest BCUT2D eigenvalue weighted by Gasteiger charge is -2.23. The van der Waals surface area contributed by atoms with E-state index in [4.69, 9.17) is 32.9 Å². The highest BCUT2D eigenvalue weighted by Gasteiger charge is 2.32. The normalized spacial score (nSPS) is 14.3. The molecule has 0 aliphatic heterocycles. The van der Waals surface area contributed by atoms with E-state index in [2.05, 4.69) is 0 Å². The zero-order valence-corrected chi connectivity index (χ0v) is 19.6. The third-order valence-corrected chi connectivity index (χ3v) is 6.44. The van der Waals surface area contributed by atoms with Gasteiger partial charge in [-0.05, 0) is 50.1 Å². The Kier molecular flexibility index (Phi) is 7.15. The largest absolute Gasteiger partial charge is 0.461 e. The Balaban J connectivity index is 2.11. The fraction of sp³-hybridized carbons (Fsp3) is 0.320. The van der Waals surface area contributed by atoms with Crippen LogP contribution < -0.4 is 0 Å². The van der Waals surface area contributed by atoms with Gasteiger partial charge in [-0.15, -0.1) is 0 Å². The smallest absolute Gasteiger partial charge is 0.359 e. The van der Waals surface area contributed by atoms with Crippen LogP contribution in [-0.2, 0) is 4.74 Å². The van der Waals surface area contributed by atoms with Crippen molar-refractivity contribution in [2.75, 3.05) is 6.61 Å². The number of halogens is 3. The van der Waals surface area contributed by atoms with Crippen molar-refractivity contribution in [2.45, 2.75) is 44.9 Å². The van der Waals surface area contributed by atoms with Crippen molar-refractivity contribution in [3.63, 3.8) is 0 Å². The highest BCUT2D eigenvalue weighted by molar-refractivity contribution is 6.31. The van der Waals surface area contributed by atoms with Crippen LogP contribution in [0.5, 0.6) is 0 Å². The van der Waals surface area contributed by atoms with E-state index < -0.39 is 11.8 Å². The maximum absolute atomic E-state index is 15.4. The average Bonchev–Trinajstić information content (AvgIpc) is 3.22. The average molecular weight is 489 g/mol. The number of nitrogens with zero attached hydrogens (tertiary/aromatic N) is 2. The Bertz CT molecular complexity index is 1200. The molecule has 5 nitrogen and oxygen atoms in total. The van der Waals surface area contributed by atoms with E-state index in [-0.39, 0.29) is 34.6 Å². The van der Waals surface area contributed by atoms with Crippen LogP contribution in [0.25, 0.3) is 16.9 Å². The SMILES string of the molecule is CCOC(=O)c1nc(C2CCCCC2)n(-c2cccc(Cl)c2F)c1-c1cc(Cl)ccc1C=O. The molecule has 4 rings (SSSR count). The van der Waals surface area contributed by atoms with Gasteiger partial charge in [0.2, 0.25) is 0 Å². The molecule has 1 heterocycles. The first kappa shape index (κ1) is 23.5. The Morgan fingerprint density at radius 2 is 1.97 bits per heavy atom. The van der Waals surface area contributed by atoms with Crippen LogP contribution >= 0.6 is 23.2 Å². The second-order valence-corrected chi connectivity index (χ2v) is 8.82. The first-order chi connectivity index (χ1) is 16.0. The topological polar surface area (TPSA) is 61.2 Å². The summed E-state index contributed by atoms with van der Waals surface area (Å²) in [6.07, 6.45) is 5.52. The number of carbonyl (C=O) groups is 2. The van der Waals surface area contributed by atoms with Gasteiger partial charge in [0.25, 0.3) is 0 Å². The van der Waals surface area contributed by atoms with E-state index in [1.165, 1.54) is 6.07 Å². The number of ether oxygens (including phenoxy) is 1. The molecule has 1 aliphatic rings. The zero-order chi connectivity index (χ0) is 23.5. The van der Waals surface area contributed by atoms with E-state index in [9.17, 15) is 9.59 Å². The van der Waals surface area contributed by atoms with Gasteiger partial charge in [-0.1, -0.05) is 48.5 Å². The van der Waals surface area contributed by atoms with Crippen LogP contribution in [0.1, 0.15) is 71.6 Å². The summed E-state index contributed by atoms with van der Waals surface area (Å²) in [5, 5.41) is 0.310. The number of aldehydes is 1. The van der Waals surface area contributed by atoms with Gasteiger partial charge in [-0.3, -0.25) is 9.36 Å². The summed E-state index contributed by atoms with van der Waals surface area (Å²) >= 11 is 12.4. The number of aromatic nitrogens is 2. The monoisotopic (exact) mass is 488 g/mol. The predicted molar refractivity (Wildman–Crippen MR) is 126 cm³/mol. The number of hydrogen-bond acceptors (Lipinski definition) is 4. The minimum atomic E-state index is -0.650. The molecular weight excluding hydrogens is 466 g/mol. The van der Waals surface area contributed by atoms with Crippen molar-refractivity contribution in [1.82, 2.24) is 9.55 Å². The first-order valence-corrected chi connectivity index (χ1v) is 11.7. The molecule has 0 spiro atoms. The lowest BCUT2D eigenvalue weighted by Crippen LogP contribution is -2.13. The van der Waals surface area contributed by atoms with Gasteiger partial charge in [-0.25, -0.2) is 14.2 Å². The van der Waals surface area contributed by atoms with Crippen molar-refractivity contribution in [3.05, 3.63) is 69.3 Å². The number of carbonyl (C=O) groups excluding carboxylic acids is 2. The summed E-state index contributed by atoms with van der Waals surface area (Å²) < 4.78 is 22.3. The molecule has 0 radical (unpaired) electrons. The third kappa shape index (κ3) is 4.55. The van der Waals surface area contributed by atoms with E-state index in [1.807, 2.05) is 0 Å². The fourth-order valence-electron chi connectivity index (χ4n) is 4.41. The van der Waals surface area contributed by atoms with Crippen LogP contribution in [0.2, 0.25) is 10.0 Å². The highest BCUT2D eigenvalue weighted by Crippen LogP contribution is 2.40. The first-order valence-electron chi connectivity index (χ1n) is 11.0. The van der Waals surface area contributed by atoms with Crippen LogP contribution in [0.15, 0.2) is 36.4 Å². The summed E-state index contributed by atoms with van der Waals surface area (Å²) in [7, 11) is 0.